The van der Waals surface area contributed by atoms with Crippen LogP contribution in [0, 0.1) is 16.0 Å². The molecule has 114 valence electrons. The van der Waals surface area contributed by atoms with Crippen LogP contribution in [0.2, 0.25) is 0 Å². The average Bonchev–Trinajstić information content (AvgIpc) is 2.43. The van der Waals surface area contributed by atoms with E-state index in [1.54, 1.807) is 6.92 Å². The number of hydrogen-bond acceptors (Lipinski definition) is 4. The number of carboxylic acid groups (broad SMARTS) is 1. The van der Waals surface area contributed by atoms with Gasteiger partial charge in [-0.15, -0.1) is 0 Å². The highest BCUT2D eigenvalue weighted by molar-refractivity contribution is 9.10. The Morgan fingerprint density at radius 3 is 2.57 bits per heavy atom. The number of benzene rings is 1. The van der Waals surface area contributed by atoms with Crippen LogP contribution in [-0.4, -0.2) is 27.9 Å². The summed E-state index contributed by atoms with van der Waals surface area (Å²) in [7, 11) is 0. The fourth-order valence-electron chi connectivity index (χ4n) is 1.74. The molecule has 0 spiro atoms. The molecule has 2 atom stereocenters. The second kappa shape index (κ2) is 7.16. The van der Waals surface area contributed by atoms with Gasteiger partial charge >= 0.3 is 5.97 Å². The van der Waals surface area contributed by atoms with Crippen molar-refractivity contribution in [2.45, 2.75) is 26.3 Å². The Bertz CT molecular complexity index is 576. The maximum absolute atomic E-state index is 12.1. The molecular weight excluding hydrogens is 344 g/mol. The summed E-state index contributed by atoms with van der Waals surface area (Å²) in [6.45, 7) is 3.53. The molecule has 2 N–H and O–H groups in total. The molecule has 1 aromatic rings. The van der Waals surface area contributed by atoms with Crippen LogP contribution in [0.5, 0.6) is 0 Å². The molecular formula is C13H15BrN2O5. The number of amides is 1. The van der Waals surface area contributed by atoms with E-state index in [2.05, 4.69) is 21.2 Å². The third-order valence-corrected chi connectivity index (χ3v) is 4.02. The predicted molar refractivity (Wildman–Crippen MR) is 79.1 cm³/mol. The van der Waals surface area contributed by atoms with Crippen LogP contribution in [0.1, 0.15) is 30.6 Å². The van der Waals surface area contributed by atoms with Crippen LogP contribution < -0.4 is 5.32 Å². The van der Waals surface area contributed by atoms with Gasteiger partial charge in [0.15, 0.2) is 0 Å². The van der Waals surface area contributed by atoms with E-state index in [1.165, 1.54) is 18.2 Å². The summed E-state index contributed by atoms with van der Waals surface area (Å²) in [6, 6.07) is 2.97. The quantitative estimate of drug-likeness (QED) is 0.599. The molecule has 0 aromatic heterocycles. The van der Waals surface area contributed by atoms with Gasteiger partial charge in [-0.2, -0.15) is 0 Å². The number of nitro groups is 1. The molecule has 8 heteroatoms. The molecule has 0 heterocycles. The molecule has 1 aromatic carbocycles. The minimum atomic E-state index is -1.14. The summed E-state index contributed by atoms with van der Waals surface area (Å²) < 4.78 is 0.0285. The zero-order valence-electron chi connectivity index (χ0n) is 11.5. The Morgan fingerprint density at radius 2 is 2.10 bits per heavy atom. The van der Waals surface area contributed by atoms with Gasteiger partial charge in [-0.1, -0.05) is 26.3 Å². The fourth-order valence-corrected chi connectivity index (χ4v) is 2.33. The first-order valence-corrected chi connectivity index (χ1v) is 7.05. The molecule has 1 amide bonds. The van der Waals surface area contributed by atoms with E-state index in [-0.39, 0.29) is 21.6 Å². The number of nitrogens with zero attached hydrogens (tertiary/aromatic N) is 1. The van der Waals surface area contributed by atoms with Gasteiger partial charge in [0, 0.05) is 6.07 Å². The predicted octanol–water partition coefficient (Wildman–Crippen LogP) is 2.59. The lowest BCUT2D eigenvalue weighted by atomic mass is 9.99. The first-order chi connectivity index (χ1) is 9.79. The lowest BCUT2D eigenvalue weighted by Crippen LogP contribution is -2.45. The molecule has 0 saturated heterocycles. The second-order valence-corrected chi connectivity index (χ2v) is 5.36. The summed E-state index contributed by atoms with van der Waals surface area (Å²) in [5.74, 6) is -2.07. The fraction of sp³-hybridized carbons (Fsp3) is 0.385. The molecule has 0 aliphatic rings. The molecule has 7 nitrogen and oxygen atoms in total. The lowest BCUT2D eigenvalue weighted by Gasteiger charge is -2.20. The Hall–Kier alpha value is -1.96. The number of hydrogen-bond donors (Lipinski definition) is 2. The molecule has 0 aliphatic carbocycles. The van der Waals surface area contributed by atoms with Crippen LogP contribution in [0.4, 0.5) is 5.69 Å². The molecule has 0 fully saturated rings. The highest BCUT2D eigenvalue weighted by Crippen LogP contribution is 2.28. The van der Waals surface area contributed by atoms with Crippen molar-refractivity contribution < 1.29 is 19.6 Å². The maximum atomic E-state index is 12.1. The number of nitro benzene ring substituents is 1. The highest BCUT2D eigenvalue weighted by Gasteiger charge is 2.27. The van der Waals surface area contributed by atoms with E-state index in [0.717, 1.165) is 0 Å². The van der Waals surface area contributed by atoms with E-state index in [0.29, 0.717) is 6.42 Å². The number of carboxylic acids is 1. The van der Waals surface area contributed by atoms with Gasteiger partial charge in [-0.05, 0) is 27.9 Å². The number of carbonyl (C=O) groups excluding carboxylic acids is 1. The Balaban J connectivity index is 3.06. The van der Waals surface area contributed by atoms with Crippen molar-refractivity contribution in [1.29, 1.82) is 0 Å². The lowest BCUT2D eigenvalue weighted by molar-refractivity contribution is -0.385. The molecule has 1 rings (SSSR count). The minimum Gasteiger partial charge on any atom is -0.480 e. The van der Waals surface area contributed by atoms with Gasteiger partial charge < -0.3 is 10.4 Å². The van der Waals surface area contributed by atoms with Crippen molar-refractivity contribution in [3.63, 3.8) is 0 Å². The van der Waals surface area contributed by atoms with E-state index in [4.69, 9.17) is 5.11 Å². The zero-order chi connectivity index (χ0) is 16.2. The van der Waals surface area contributed by atoms with Gasteiger partial charge in [0.2, 0.25) is 0 Å². The number of rotatable bonds is 6. The number of nitrogens with one attached hydrogen (secondary N) is 1. The molecule has 0 bridgehead atoms. The Kier molecular flexibility index (Phi) is 5.83. The molecule has 0 unspecified atom stereocenters. The van der Waals surface area contributed by atoms with Crippen molar-refractivity contribution in [3.05, 3.63) is 38.3 Å². The van der Waals surface area contributed by atoms with Crippen LogP contribution in [0.25, 0.3) is 0 Å². The van der Waals surface area contributed by atoms with Gasteiger partial charge in [0.25, 0.3) is 11.6 Å². The summed E-state index contributed by atoms with van der Waals surface area (Å²) in [6.07, 6.45) is 0.577. The summed E-state index contributed by atoms with van der Waals surface area (Å²) in [5.41, 5.74) is -0.225. The third-order valence-electron chi connectivity index (χ3n) is 3.19. The molecule has 0 radical (unpaired) electrons. The molecule has 0 aliphatic heterocycles. The summed E-state index contributed by atoms with van der Waals surface area (Å²) >= 11 is 3.01. The van der Waals surface area contributed by atoms with Crippen molar-refractivity contribution in [3.8, 4) is 0 Å². The highest BCUT2D eigenvalue weighted by atomic mass is 79.9. The smallest absolute Gasteiger partial charge is 0.326 e. The minimum absolute atomic E-state index is 0.0266. The van der Waals surface area contributed by atoms with Crippen molar-refractivity contribution >= 4 is 33.5 Å². The standard InChI is InChI=1S/C13H15BrN2O5/c1-3-7(2)11(13(18)19)15-12(17)8-5-4-6-9(10(8)14)16(20)21/h4-7,11H,3H2,1-2H3,(H,15,17)(H,18,19)/t7-,11-/m0/s1. The maximum Gasteiger partial charge on any atom is 0.326 e. The molecule has 0 saturated carbocycles. The van der Waals surface area contributed by atoms with E-state index in [1.807, 2.05) is 6.92 Å². The van der Waals surface area contributed by atoms with Gasteiger partial charge in [0.05, 0.1) is 10.5 Å². The van der Waals surface area contributed by atoms with E-state index in [9.17, 15) is 19.7 Å². The van der Waals surface area contributed by atoms with Crippen LogP contribution >= 0.6 is 15.9 Å². The Morgan fingerprint density at radius 1 is 1.48 bits per heavy atom. The van der Waals surface area contributed by atoms with E-state index >= 15 is 0 Å². The van der Waals surface area contributed by atoms with Gasteiger partial charge in [0.1, 0.15) is 10.5 Å². The first kappa shape index (κ1) is 17.1. The monoisotopic (exact) mass is 358 g/mol. The summed E-state index contributed by atoms with van der Waals surface area (Å²) in [4.78, 5) is 33.6. The third kappa shape index (κ3) is 4.01. The largest absolute Gasteiger partial charge is 0.480 e. The second-order valence-electron chi connectivity index (χ2n) is 4.57. The van der Waals surface area contributed by atoms with Crippen LogP contribution in [-0.2, 0) is 4.79 Å². The number of halogens is 1. The number of aliphatic carboxylic acids is 1. The molecule has 21 heavy (non-hydrogen) atoms. The van der Waals surface area contributed by atoms with Gasteiger partial charge in [-0.3, -0.25) is 14.9 Å². The van der Waals surface area contributed by atoms with Gasteiger partial charge in [-0.25, -0.2) is 4.79 Å². The normalized spacial score (nSPS) is 13.3. The topological polar surface area (TPSA) is 110 Å². The van der Waals surface area contributed by atoms with Crippen LogP contribution in [0.15, 0.2) is 22.7 Å². The summed E-state index contributed by atoms with van der Waals surface area (Å²) in [5, 5.41) is 22.4. The average molecular weight is 359 g/mol. The number of carbonyl (C=O) groups is 2. The first-order valence-electron chi connectivity index (χ1n) is 6.26. The van der Waals surface area contributed by atoms with Crippen molar-refractivity contribution in [1.82, 2.24) is 5.32 Å². The zero-order valence-corrected chi connectivity index (χ0v) is 13.1. The Labute approximate surface area is 129 Å². The SMILES string of the molecule is CC[C@H](C)[C@H](NC(=O)c1cccc([N+](=O)[O-])c1Br)C(=O)O. The van der Waals surface area contributed by atoms with E-state index < -0.39 is 22.8 Å². The van der Waals surface area contributed by atoms with Crippen LogP contribution in [0.3, 0.4) is 0 Å². The van der Waals surface area contributed by atoms with Crippen molar-refractivity contribution in [2.75, 3.05) is 0 Å². The van der Waals surface area contributed by atoms with Crippen molar-refractivity contribution in [2.24, 2.45) is 5.92 Å².